The van der Waals surface area contributed by atoms with Gasteiger partial charge in [-0.1, -0.05) is 30.3 Å². The molecule has 0 spiro atoms. The lowest BCUT2D eigenvalue weighted by Crippen LogP contribution is -2.12. The smallest absolute Gasteiger partial charge is 0.293 e. The van der Waals surface area contributed by atoms with E-state index < -0.39 is 10.8 Å². The second-order valence-corrected chi connectivity index (χ2v) is 5.98. The van der Waals surface area contributed by atoms with Gasteiger partial charge in [0.1, 0.15) is 12.3 Å². The number of nitrogens with zero attached hydrogens (tertiary/aromatic N) is 2. The van der Waals surface area contributed by atoms with Crippen molar-refractivity contribution in [3.8, 4) is 5.88 Å². The third-order valence-electron chi connectivity index (χ3n) is 3.99. The van der Waals surface area contributed by atoms with Gasteiger partial charge in [-0.3, -0.25) is 14.9 Å². The normalized spacial score (nSPS) is 10.3. The Hall–Kier alpha value is -3.94. The Morgan fingerprint density at radius 2 is 1.89 bits per heavy atom. The molecule has 3 N–H and O–H groups in total. The zero-order valence-corrected chi connectivity index (χ0v) is 14.9. The standard InChI is InChI=1S/C20H18N4O4/c21-20(25)16-6-7-17(18(11-16)24(26)27)23-12-15-8-9-22-19(10-15)28-13-14-4-2-1-3-5-14/h1-11,23H,12-13H2,(H2,21,25). The molecule has 28 heavy (non-hydrogen) atoms. The van der Waals surface area contributed by atoms with Crippen molar-refractivity contribution in [3.05, 3.63) is 93.7 Å². The van der Waals surface area contributed by atoms with E-state index in [1.165, 1.54) is 12.1 Å². The maximum absolute atomic E-state index is 11.3. The molecular formula is C20H18N4O4. The van der Waals surface area contributed by atoms with Gasteiger partial charge in [0.05, 0.1) is 4.92 Å². The third-order valence-corrected chi connectivity index (χ3v) is 3.99. The van der Waals surface area contributed by atoms with E-state index in [1.807, 2.05) is 30.3 Å². The first-order valence-electron chi connectivity index (χ1n) is 8.46. The number of anilines is 1. The summed E-state index contributed by atoms with van der Waals surface area (Å²) < 4.78 is 5.69. The molecule has 1 amide bonds. The molecule has 0 fully saturated rings. The molecule has 0 aliphatic rings. The van der Waals surface area contributed by atoms with E-state index in [0.717, 1.165) is 17.2 Å². The van der Waals surface area contributed by atoms with E-state index >= 15 is 0 Å². The summed E-state index contributed by atoms with van der Waals surface area (Å²) >= 11 is 0. The fourth-order valence-electron chi connectivity index (χ4n) is 2.55. The van der Waals surface area contributed by atoms with Crippen LogP contribution in [-0.4, -0.2) is 15.8 Å². The Kier molecular flexibility index (Phi) is 5.81. The zero-order chi connectivity index (χ0) is 19.9. The van der Waals surface area contributed by atoms with Crippen LogP contribution in [0.15, 0.2) is 66.9 Å². The molecule has 0 bridgehead atoms. The first-order chi connectivity index (χ1) is 13.5. The second-order valence-electron chi connectivity index (χ2n) is 5.98. The van der Waals surface area contributed by atoms with Gasteiger partial charge in [-0.25, -0.2) is 4.98 Å². The number of nitrogens with two attached hydrogens (primary N) is 1. The molecule has 0 saturated carbocycles. The van der Waals surface area contributed by atoms with Gasteiger partial charge < -0.3 is 15.8 Å². The number of nitro groups is 1. The summed E-state index contributed by atoms with van der Waals surface area (Å²) in [6.45, 7) is 0.714. The highest BCUT2D eigenvalue weighted by Crippen LogP contribution is 2.26. The van der Waals surface area contributed by atoms with Crippen LogP contribution in [0.2, 0.25) is 0 Å². The summed E-state index contributed by atoms with van der Waals surface area (Å²) in [5.41, 5.74) is 7.20. The number of ether oxygens (including phenoxy) is 1. The summed E-state index contributed by atoms with van der Waals surface area (Å²) in [5, 5.41) is 14.3. The van der Waals surface area contributed by atoms with Crippen molar-refractivity contribution in [2.75, 3.05) is 5.32 Å². The maximum atomic E-state index is 11.3. The molecule has 1 heterocycles. The van der Waals surface area contributed by atoms with Gasteiger partial charge >= 0.3 is 0 Å². The van der Waals surface area contributed by atoms with E-state index in [0.29, 0.717) is 24.7 Å². The average molecular weight is 378 g/mol. The number of carbonyl (C=O) groups excluding carboxylic acids is 1. The summed E-state index contributed by atoms with van der Waals surface area (Å²) in [7, 11) is 0. The first kappa shape index (κ1) is 18.8. The highest BCUT2D eigenvalue weighted by atomic mass is 16.6. The van der Waals surface area contributed by atoms with E-state index in [4.69, 9.17) is 10.5 Å². The molecule has 8 nitrogen and oxygen atoms in total. The van der Waals surface area contributed by atoms with E-state index in [2.05, 4.69) is 10.3 Å². The molecule has 142 valence electrons. The Labute approximate surface area is 161 Å². The van der Waals surface area contributed by atoms with Gasteiger partial charge in [0.2, 0.25) is 11.8 Å². The minimum Gasteiger partial charge on any atom is -0.473 e. The van der Waals surface area contributed by atoms with Gasteiger partial charge in [-0.15, -0.1) is 0 Å². The van der Waals surface area contributed by atoms with Crippen LogP contribution in [0.3, 0.4) is 0 Å². The number of aromatic nitrogens is 1. The van der Waals surface area contributed by atoms with Crippen molar-refractivity contribution < 1.29 is 14.5 Å². The first-order valence-corrected chi connectivity index (χ1v) is 8.46. The van der Waals surface area contributed by atoms with Crippen molar-refractivity contribution in [1.29, 1.82) is 0 Å². The Morgan fingerprint density at radius 1 is 1.11 bits per heavy atom. The highest BCUT2D eigenvalue weighted by molar-refractivity contribution is 5.94. The highest BCUT2D eigenvalue weighted by Gasteiger charge is 2.16. The number of carbonyl (C=O) groups is 1. The zero-order valence-electron chi connectivity index (χ0n) is 14.9. The van der Waals surface area contributed by atoms with E-state index in [-0.39, 0.29) is 11.3 Å². The third kappa shape index (κ3) is 4.82. The number of hydrogen-bond donors (Lipinski definition) is 2. The lowest BCUT2D eigenvalue weighted by molar-refractivity contribution is -0.384. The van der Waals surface area contributed by atoms with Crippen molar-refractivity contribution in [2.45, 2.75) is 13.2 Å². The minimum atomic E-state index is -0.719. The Morgan fingerprint density at radius 3 is 2.61 bits per heavy atom. The molecule has 2 aromatic carbocycles. The largest absolute Gasteiger partial charge is 0.473 e. The SMILES string of the molecule is NC(=O)c1ccc(NCc2ccnc(OCc3ccccc3)c2)c([N+](=O)[O-])c1. The quantitative estimate of drug-likeness (QED) is 0.458. The summed E-state index contributed by atoms with van der Waals surface area (Å²) in [6, 6.07) is 17.3. The van der Waals surface area contributed by atoms with Gasteiger partial charge in [-0.2, -0.15) is 0 Å². The molecule has 0 saturated heterocycles. The lowest BCUT2D eigenvalue weighted by Gasteiger charge is -2.10. The number of amides is 1. The van der Waals surface area contributed by atoms with Crippen LogP contribution in [0.4, 0.5) is 11.4 Å². The number of nitro benzene ring substituents is 1. The summed E-state index contributed by atoms with van der Waals surface area (Å²) in [6.07, 6.45) is 1.61. The molecule has 0 atom stereocenters. The van der Waals surface area contributed by atoms with Crippen LogP contribution in [0.1, 0.15) is 21.5 Å². The molecule has 8 heteroatoms. The fourth-order valence-corrected chi connectivity index (χ4v) is 2.55. The molecule has 3 aromatic rings. The molecule has 0 radical (unpaired) electrons. The Bertz CT molecular complexity index is 993. The van der Waals surface area contributed by atoms with Crippen molar-refractivity contribution in [2.24, 2.45) is 5.73 Å². The van der Waals surface area contributed by atoms with Gasteiger partial charge in [0.15, 0.2) is 0 Å². The summed E-state index contributed by atoms with van der Waals surface area (Å²) in [4.78, 5) is 26.1. The number of pyridine rings is 1. The van der Waals surface area contributed by atoms with Gasteiger partial charge in [0.25, 0.3) is 5.69 Å². The van der Waals surface area contributed by atoms with Crippen molar-refractivity contribution in [3.63, 3.8) is 0 Å². The molecule has 0 unspecified atom stereocenters. The summed E-state index contributed by atoms with van der Waals surface area (Å²) in [5.74, 6) is -0.259. The maximum Gasteiger partial charge on any atom is 0.293 e. The second kappa shape index (κ2) is 8.63. The lowest BCUT2D eigenvalue weighted by atomic mass is 10.1. The number of nitrogens with one attached hydrogen (secondary N) is 1. The van der Waals surface area contributed by atoms with Crippen molar-refractivity contribution >= 4 is 17.3 Å². The molecule has 0 aliphatic carbocycles. The number of rotatable bonds is 8. The van der Waals surface area contributed by atoms with Crippen LogP contribution in [0.25, 0.3) is 0 Å². The van der Waals surface area contributed by atoms with Gasteiger partial charge in [0, 0.05) is 30.4 Å². The van der Waals surface area contributed by atoms with Crippen LogP contribution in [0.5, 0.6) is 5.88 Å². The van der Waals surface area contributed by atoms with E-state index in [9.17, 15) is 14.9 Å². The van der Waals surface area contributed by atoms with Crippen LogP contribution in [0, 0.1) is 10.1 Å². The monoisotopic (exact) mass is 378 g/mol. The molecule has 1 aromatic heterocycles. The molecular weight excluding hydrogens is 360 g/mol. The number of hydrogen-bond acceptors (Lipinski definition) is 6. The topological polar surface area (TPSA) is 120 Å². The predicted molar refractivity (Wildman–Crippen MR) is 104 cm³/mol. The van der Waals surface area contributed by atoms with E-state index in [1.54, 1.807) is 18.3 Å². The van der Waals surface area contributed by atoms with Gasteiger partial charge in [-0.05, 0) is 29.3 Å². The van der Waals surface area contributed by atoms with Crippen LogP contribution < -0.4 is 15.8 Å². The Balaban J connectivity index is 1.68. The number of benzene rings is 2. The minimum absolute atomic E-state index is 0.0813. The molecule has 0 aliphatic heterocycles. The number of primary amides is 1. The average Bonchev–Trinajstić information content (AvgIpc) is 2.71. The van der Waals surface area contributed by atoms with Crippen LogP contribution >= 0.6 is 0 Å². The van der Waals surface area contributed by atoms with Crippen LogP contribution in [-0.2, 0) is 13.2 Å². The predicted octanol–water partition coefficient (Wildman–Crippen LogP) is 3.28. The van der Waals surface area contributed by atoms with Crippen molar-refractivity contribution in [1.82, 2.24) is 4.98 Å². The molecule has 3 rings (SSSR count). The fraction of sp³-hybridized carbons (Fsp3) is 0.100.